The van der Waals surface area contributed by atoms with Crippen LogP contribution in [0.3, 0.4) is 0 Å². The molecule has 4 nitrogen and oxygen atoms in total. The zero-order chi connectivity index (χ0) is 11.6. The normalized spacial score (nSPS) is 12.2. The first-order valence-electron chi connectivity index (χ1n) is 4.09. The molecule has 0 fully saturated rings. The molecule has 1 rings (SSSR count). The predicted octanol–water partition coefficient (Wildman–Crippen LogP) is 2.58. The van der Waals surface area contributed by atoms with E-state index >= 15 is 0 Å². The molecule has 82 valence electrons. The van der Waals surface area contributed by atoms with Gasteiger partial charge in [0.2, 0.25) is 0 Å². The molecule has 1 unspecified atom stereocenters. The van der Waals surface area contributed by atoms with Gasteiger partial charge in [-0.25, -0.2) is 0 Å². The Morgan fingerprint density at radius 2 is 1.87 bits per heavy atom. The molecule has 0 saturated heterocycles. The maximum absolute atomic E-state index is 10.6. The first-order valence-corrected chi connectivity index (χ1v) is 4.84. The van der Waals surface area contributed by atoms with Gasteiger partial charge in [0.25, 0.3) is 0 Å². The van der Waals surface area contributed by atoms with Crippen LogP contribution in [0, 0.1) is 0 Å². The fourth-order valence-electron chi connectivity index (χ4n) is 0.961. The third kappa shape index (κ3) is 2.91. The Balaban J connectivity index is 2.92. The average Bonchev–Trinajstić information content (AvgIpc) is 2.13. The van der Waals surface area contributed by atoms with Gasteiger partial charge in [-0.15, -0.1) is 0 Å². The maximum Gasteiger partial charge on any atom is 0.325 e. The van der Waals surface area contributed by atoms with Gasteiger partial charge in [-0.1, -0.05) is 23.2 Å². The highest BCUT2D eigenvalue weighted by Gasteiger charge is 2.12. The molecular weight excluding hydrogens is 241 g/mol. The number of carboxylic acids is 1. The van der Waals surface area contributed by atoms with Gasteiger partial charge in [-0.05, 0) is 19.1 Å². The van der Waals surface area contributed by atoms with E-state index in [-0.39, 0.29) is 15.8 Å². The quantitative estimate of drug-likeness (QED) is 0.721. The first-order chi connectivity index (χ1) is 6.91. The van der Waals surface area contributed by atoms with Crippen LogP contribution in [-0.4, -0.2) is 22.2 Å². The Labute approximate surface area is 96.4 Å². The number of nitrogens with one attached hydrogen (secondary N) is 1. The van der Waals surface area contributed by atoms with E-state index in [1.165, 1.54) is 19.1 Å². The minimum absolute atomic E-state index is 0.0718. The minimum Gasteiger partial charge on any atom is -0.505 e. The third-order valence-electron chi connectivity index (χ3n) is 1.77. The van der Waals surface area contributed by atoms with Crippen molar-refractivity contribution in [2.45, 2.75) is 13.0 Å². The highest BCUT2D eigenvalue weighted by atomic mass is 35.5. The van der Waals surface area contributed by atoms with Crippen LogP contribution in [0.25, 0.3) is 0 Å². The van der Waals surface area contributed by atoms with Crippen molar-refractivity contribution in [1.82, 2.24) is 0 Å². The van der Waals surface area contributed by atoms with Gasteiger partial charge in [0, 0.05) is 5.69 Å². The number of hydrogen-bond donors (Lipinski definition) is 3. The number of carboxylic acid groups (broad SMARTS) is 1. The smallest absolute Gasteiger partial charge is 0.325 e. The highest BCUT2D eigenvalue weighted by molar-refractivity contribution is 6.37. The number of aromatic hydroxyl groups is 1. The van der Waals surface area contributed by atoms with Gasteiger partial charge in [0.1, 0.15) is 6.04 Å². The number of aliphatic carboxylic acids is 1. The van der Waals surface area contributed by atoms with E-state index in [0.29, 0.717) is 5.69 Å². The van der Waals surface area contributed by atoms with E-state index < -0.39 is 12.0 Å². The Morgan fingerprint density at radius 1 is 1.40 bits per heavy atom. The average molecular weight is 250 g/mol. The molecular formula is C9H9Cl2NO3. The molecule has 0 heterocycles. The van der Waals surface area contributed by atoms with E-state index in [1.54, 1.807) is 0 Å². The fourth-order valence-corrected chi connectivity index (χ4v) is 1.45. The number of phenols is 1. The molecule has 6 heteroatoms. The number of anilines is 1. The number of hydrogen-bond acceptors (Lipinski definition) is 3. The number of phenolic OH excluding ortho intramolecular Hbond substituents is 1. The summed E-state index contributed by atoms with van der Waals surface area (Å²) in [6.45, 7) is 1.48. The van der Waals surface area contributed by atoms with Crippen LogP contribution < -0.4 is 5.32 Å². The summed E-state index contributed by atoms with van der Waals surface area (Å²) in [6.07, 6.45) is 0. The molecule has 3 N–H and O–H groups in total. The van der Waals surface area contributed by atoms with Crippen LogP contribution in [0.15, 0.2) is 12.1 Å². The van der Waals surface area contributed by atoms with Crippen molar-refractivity contribution in [3.05, 3.63) is 22.2 Å². The monoisotopic (exact) mass is 249 g/mol. The SMILES string of the molecule is CC(Nc1cc(Cl)c(O)c(Cl)c1)C(=O)O. The Morgan fingerprint density at radius 3 is 2.27 bits per heavy atom. The summed E-state index contributed by atoms with van der Waals surface area (Å²) >= 11 is 11.3. The summed E-state index contributed by atoms with van der Waals surface area (Å²) < 4.78 is 0. The van der Waals surface area contributed by atoms with Gasteiger partial charge in [-0.3, -0.25) is 4.79 Å². The minimum atomic E-state index is -0.990. The summed E-state index contributed by atoms with van der Waals surface area (Å²) in [5.74, 6) is -1.21. The van der Waals surface area contributed by atoms with Crippen LogP contribution >= 0.6 is 23.2 Å². The van der Waals surface area contributed by atoms with Gasteiger partial charge >= 0.3 is 5.97 Å². The Bertz CT molecular complexity index is 372. The van der Waals surface area contributed by atoms with Crippen molar-refractivity contribution in [3.8, 4) is 5.75 Å². The van der Waals surface area contributed by atoms with Gasteiger partial charge in [-0.2, -0.15) is 0 Å². The Hall–Kier alpha value is -1.13. The van der Waals surface area contributed by atoms with Crippen LogP contribution in [0.5, 0.6) is 5.75 Å². The van der Waals surface area contributed by atoms with Crippen molar-refractivity contribution in [1.29, 1.82) is 0 Å². The lowest BCUT2D eigenvalue weighted by Crippen LogP contribution is -2.25. The lowest BCUT2D eigenvalue weighted by molar-refractivity contribution is -0.137. The molecule has 0 saturated carbocycles. The summed E-state index contributed by atoms with van der Waals surface area (Å²) in [7, 11) is 0. The van der Waals surface area contributed by atoms with Crippen LogP contribution in [0.1, 0.15) is 6.92 Å². The Kier molecular flexibility index (Phi) is 3.66. The van der Waals surface area contributed by atoms with Gasteiger partial charge in [0.15, 0.2) is 5.75 Å². The second-order valence-corrected chi connectivity index (χ2v) is 3.81. The predicted molar refractivity (Wildman–Crippen MR) is 58.8 cm³/mol. The zero-order valence-electron chi connectivity index (χ0n) is 7.79. The molecule has 0 spiro atoms. The van der Waals surface area contributed by atoms with E-state index in [1.807, 2.05) is 0 Å². The van der Waals surface area contributed by atoms with Crippen LogP contribution in [0.2, 0.25) is 10.0 Å². The molecule has 15 heavy (non-hydrogen) atoms. The van der Waals surface area contributed by atoms with E-state index in [2.05, 4.69) is 5.32 Å². The first kappa shape index (κ1) is 11.9. The summed E-state index contributed by atoms with van der Waals surface area (Å²) in [5.41, 5.74) is 0.442. The number of rotatable bonds is 3. The molecule has 0 amide bonds. The van der Waals surface area contributed by atoms with Crippen LogP contribution in [-0.2, 0) is 4.79 Å². The highest BCUT2D eigenvalue weighted by Crippen LogP contribution is 2.34. The standard InChI is InChI=1S/C9H9Cl2NO3/c1-4(9(14)15)12-5-2-6(10)8(13)7(11)3-5/h2-4,12-13H,1H3,(H,14,15). The van der Waals surface area contributed by atoms with Crippen molar-refractivity contribution >= 4 is 34.9 Å². The summed E-state index contributed by atoms with van der Waals surface area (Å²) in [5, 5.41) is 20.7. The van der Waals surface area contributed by atoms with Crippen molar-refractivity contribution < 1.29 is 15.0 Å². The second kappa shape index (κ2) is 4.59. The van der Waals surface area contributed by atoms with Crippen LogP contribution in [0.4, 0.5) is 5.69 Å². The molecule has 0 radical (unpaired) electrons. The van der Waals surface area contributed by atoms with Crippen molar-refractivity contribution in [2.75, 3.05) is 5.32 Å². The third-order valence-corrected chi connectivity index (χ3v) is 2.35. The number of benzene rings is 1. The second-order valence-electron chi connectivity index (χ2n) is 2.99. The lowest BCUT2D eigenvalue weighted by atomic mass is 10.2. The zero-order valence-corrected chi connectivity index (χ0v) is 9.30. The summed E-state index contributed by atoms with van der Waals surface area (Å²) in [4.78, 5) is 10.6. The van der Waals surface area contributed by atoms with E-state index in [4.69, 9.17) is 28.3 Å². The van der Waals surface area contributed by atoms with E-state index in [0.717, 1.165) is 0 Å². The molecule has 1 atom stereocenters. The molecule has 0 aromatic heterocycles. The number of halogens is 2. The van der Waals surface area contributed by atoms with Gasteiger partial charge < -0.3 is 15.5 Å². The molecule has 1 aromatic rings. The fraction of sp³-hybridized carbons (Fsp3) is 0.222. The molecule has 0 aliphatic carbocycles. The van der Waals surface area contributed by atoms with Crippen molar-refractivity contribution in [2.24, 2.45) is 0 Å². The molecule has 0 aliphatic rings. The largest absolute Gasteiger partial charge is 0.505 e. The molecule has 1 aromatic carbocycles. The van der Waals surface area contributed by atoms with E-state index in [9.17, 15) is 9.90 Å². The van der Waals surface area contributed by atoms with Gasteiger partial charge in [0.05, 0.1) is 10.0 Å². The molecule has 0 bridgehead atoms. The number of carbonyl (C=O) groups is 1. The molecule has 0 aliphatic heterocycles. The summed E-state index contributed by atoms with van der Waals surface area (Å²) in [6, 6.07) is 2.05. The van der Waals surface area contributed by atoms with Crippen molar-refractivity contribution in [3.63, 3.8) is 0 Å². The lowest BCUT2D eigenvalue weighted by Gasteiger charge is -2.12. The maximum atomic E-state index is 10.6. The topological polar surface area (TPSA) is 69.6 Å².